The second kappa shape index (κ2) is 8.26. The molecule has 1 N–H and O–H groups in total. The first-order chi connectivity index (χ1) is 8.27. The number of likely N-dealkylation sites (N-methyl/N-ethyl adjacent to an activating group) is 1. The van der Waals surface area contributed by atoms with Crippen molar-refractivity contribution in [2.24, 2.45) is 0 Å². The molecule has 0 fully saturated rings. The number of rotatable bonds is 8. The van der Waals surface area contributed by atoms with E-state index in [1.54, 1.807) is 0 Å². The van der Waals surface area contributed by atoms with E-state index < -0.39 is 0 Å². The Kier molecular flexibility index (Phi) is 6.90. The Labute approximate surface area is 105 Å². The molecular formula is C15H25NO. The number of hydrogen-bond donors (Lipinski definition) is 1. The van der Waals surface area contributed by atoms with Crippen molar-refractivity contribution >= 4 is 0 Å². The van der Waals surface area contributed by atoms with Crippen molar-refractivity contribution in [3.63, 3.8) is 0 Å². The zero-order chi connectivity index (χ0) is 12.5. The summed E-state index contributed by atoms with van der Waals surface area (Å²) >= 11 is 0. The van der Waals surface area contributed by atoms with Crippen LogP contribution in [0.1, 0.15) is 32.8 Å². The summed E-state index contributed by atoms with van der Waals surface area (Å²) in [5.41, 5.74) is 1.40. The molecule has 0 aliphatic heterocycles. The SMILES string of the molecule is CCNC(CCc1ccccc1)C(C)OCC. The van der Waals surface area contributed by atoms with Crippen molar-refractivity contribution < 1.29 is 4.74 Å². The van der Waals surface area contributed by atoms with Crippen LogP contribution in [0.2, 0.25) is 0 Å². The lowest BCUT2D eigenvalue weighted by molar-refractivity contribution is 0.0458. The summed E-state index contributed by atoms with van der Waals surface area (Å²) in [4.78, 5) is 0. The molecule has 2 atom stereocenters. The molecule has 0 spiro atoms. The average molecular weight is 235 g/mol. The number of hydrogen-bond acceptors (Lipinski definition) is 2. The lowest BCUT2D eigenvalue weighted by atomic mass is 10.0. The van der Waals surface area contributed by atoms with Gasteiger partial charge in [0, 0.05) is 12.6 Å². The molecule has 0 aromatic heterocycles. The maximum atomic E-state index is 5.68. The molecule has 17 heavy (non-hydrogen) atoms. The van der Waals surface area contributed by atoms with Crippen LogP contribution < -0.4 is 5.32 Å². The molecule has 0 heterocycles. The third-order valence-electron chi connectivity index (χ3n) is 3.05. The van der Waals surface area contributed by atoms with Gasteiger partial charge >= 0.3 is 0 Å². The molecule has 0 saturated carbocycles. The van der Waals surface area contributed by atoms with Gasteiger partial charge in [0.25, 0.3) is 0 Å². The average Bonchev–Trinajstić information content (AvgIpc) is 2.36. The standard InChI is InChI=1S/C15H25NO/c1-4-16-15(13(3)17-5-2)12-11-14-9-7-6-8-10-14/h6-10,13,15-16H,4-5,11-12H2,1-3H3. The minimum atomic E-state index is 0.281. The minimum Gasteiger partial charge on any atom is -0.377 e. The third kappa shape index (κ3) is 5.33. The summed E-state index contributed by atoms with van der Waals surface area (Å²) in [5, 5.41) is 3.51. The van der Waals surface area contributed by atoms with Gasteiger partial charge in [0.1, 0.15) is 0 Å². The van der Waals surface area contributed by atoms with E-state index in [1.807, 2.05) is 0 Å². The van der Waals surface area contributed by atoms with Gasteiger partial charge in [-0.05, 0) is 38.8 Å². The molecule has 0 saturated heterocycles. The van der Waals surface area contributed by atoms with Crippen molar-refractivity contribution in [2.45, 2.75) is 45.8 Å². The molecule has 2 nitrogen and oxygen atoms in total. The van der Waals surface area contributed by atoms with E-state index in [4.69, 9.17) is 4.74 Å². The first-order valence-corrected chi connectivity index (χ1v) is 6.66. The van der Waals surface area contributed by atoms with E-state index in [0.717, 1.165) is 26.0 Å². The van der Waals surface area contributed by atoms with Crippen LogP contribution in [0.15, 0.2) is 30.3 Å². The molecule has 2 heteroatoms. The van der Waals surface area contributed by atoms with Crippen molar-refractivity contribution in [1.29, 1.82) is 0 Å². The van der Waals surface area contributed by atoms with Gasteiger partial charge in [0.05, 0.1) is 6.10 Å². The first-order valence-electron chi connectivity index (χ1n) is 6.66. The van der Waals surface area contributed by atoms with E-state index in [1.165, 1.54) is 5.56 Å². The zero-order valence-corrected chi connectivity index (χ0v) is 11.3. The molecular weight excluding hydrogens is 210 g/mol. The maximum absolute atomic E-state index is 5.68. The maximum Gasteiger partial charge on any atom is 0.0699 e. The minimum absolute atomic E-state index is 0.281. The van der Waals surface area contributed by atoms with Crippen LogP contribution in [0.5, 0.6) is 0 Å². The quantitative estimate of drug-likeness (QED) is 0.748. The molecule has 1 rings (SSSR count). The second-order valence-corrected chi connectivity index (χ2v) is 4.35. The molecule has 0 amide bonds. The van der Waals surface area contributed by atoms with Gasteiger partial charge in [-0.2, -0.15) is 0 Å². The van der Waals surface area contributed by atoms with Gasteiger partial charge in [-0.25, -0.2) is 0 Å². The molecule has 0 aliphatic carbocycles. The predicted molar refractivity (Wildman–Crippen MR) is 73.3 cm³/mol. The molecule has 2 unspecified atom stereocenters. The summed E-state index contributed by atoms with van der Waals surface area (Å²) in [5.74, 6) is 0. The van der Waals surface area contributed by atoms with Crippen molar-refractivity contribution in [1.82, 2.24) is 5.32 Å². The summed E-state index contributed by atoms with van der Waals surface area (Å²) in [6.45, 7) is 8.14. The van der Waals surface area contributed by atoms with Crippen molar-refractivity contribution in [2.75, 3.05) is 13.2 Å². The molecule has 1 aromatic rings. The first kappa shape index (κ1) is 14.2. The number of ether oxygens (including phenoxy) is 1. The Bertz CT molecular complexity index is 286. The van der Waals surface area contributed by atoms with Crippen LogP contribution in [-0.4, -0.2) is 25.3 Å². The topological polar surface area (TPSA) is 21.3 Å². The zero-order valence-electron chi connectivity index (χ0n) is 11.3. The van der Waals surface area contributed by atoms with Crippen molar-refractivity contribution in [3.05, 3.63) is 35.9 Å². The Morgan fingerprint density at radius 2 is 1.88 bits per heavy atom. The van der Waals surface area contributed by atoms with Gasteiger partial charge < -0.3 is 10.1 Å². The Hall–Kier alpha value is -0.860. The highest BCUT2D eigenvalue weighted by Gasteiger charge is 2.15. The fourth-order valence-corrected chi connectivity index (χ4v) is 2.11. The highest BCUT2D eigenvalue weighted by Crippen LogP contribution is 2.09. The van der Waals surface area contributed by atoms with Gasteiger partial charge in [0.2, 0.25) is 0 Å². The van der Waals surface area contributed by atoms with Crippen LogP contribution in [-0.2, 0) is 11.2 Å². The lowest BCUT2D eigenvalue weighted by Crippen LogP contribution is -2.40. The van der Waals surface area contributed by atoms with Crippen LogP contribution >= 0.6 is 0 Å². The fourth-order valence-electron chi connectivity index (χ4n) is 2.11. The highest BCUT2D eigenvalue weighted by atomic mass is 16.5. The highest BCUT2D eigenvalue weighted by molar-refractivity contribution is 5.14. The third-order valence-corrected chi connectivity index (χ3v) is 3.05. The van der Waals surface area contributed by atoms with Gasteiger partial charge in [0.15, 0.2) is 0 Å². The van der Waals surface area contributed by atoms with Gasteiger partial charge in [-0.3, -0.25) is 0 Å². The number of benzene rings is 1. The normalized spacial score (nSPS) is 14.5. The molecule has 0 radical (unpaired) electrons. The number of aryl methyl sites for hydroxylation is 1. The van der Waals surface area contributed by atoms with E-state index >= 15 is 0 Å². The Morgan fingerprint density at radius 3 is 2.47 bits per heavy atom. The molecule has 96 valence electrons. The summed E-state index contributed by atoms with van der Waals surface area (Å²) in [6, 6.07) is 11.1. The van der Waals surface area contributed by atoms with Crippen molar-refractivity contribution in [3.8, 4) is 0 Å². The van der Waals surface area contributed by atoms with Gasteiger partial charge in [-0.1, -0.05) is 37.3 Å². The van der Waals surface area contributed by atoms with E-state index in [2.05, 4.69) is 56.4 Å². The second-order valence-electron chi connectivity index (χ2n) is 4.35. The smallest absolute Gasteiger partial charge is 0.0699 e. The van der Waals surface area contributed by atoms with Crippen LogP contribution in [0, 0.1) is 0 Å². The number of nitrogens with one attached hydrogen (secondary N) is 1. The summed E-state index contributed by atoms with van der Waals surface area (Å²) in [6.07, 6.45) is 2.51. The van der Waals surface area contributed by atoms with E-state index in [9.17, 15) is 0 Å². The van der Waals surface area contributed by atoms with E-state index in [0.29, 0.717) is 6.04 Å². The van der Waals surface area contributed by atoms with E-state index in [-0.39, 0.29) is 6.10 Å². The van der Waals surface area contributed by atoms with Crippen LogP contribution in [0.4, 0.5) is 0 Å². The molecule has 1 aromatic carbocycles. The lowest BCUT2D eigenvalue weighted by Gasteiger charge is -2.24. The predicted octanol–water partition coefficient (Wildman–Crippen LogP) is 3.02. The monoisotopic (exact) mass is 235 g/mol. The summed E-state index contributed by atoms with van der Waals surface area (Å²) < 4.78 is 5.68. The van der Waals surface area contributed by atoms with Gasteiger partial charge in [-0.15, -0.1) is 0 Å². The van der Waals surface area contributed by atoms with Crippen LogP contribution in [0.3, 0.4) is 0 Å². The molecule has 0 bridgehead atoms. The Balaban J connectivity index is 2.43. The Morgan fingerprint density at radius 1 is 1.18 bits per heavy atom. The van der Waals surface area contributed by atoms with Crippen LogP contribution in [0.25, 0.3) is 0 Å². The largest absolute Gasteiger partial charge is 0.377 e. The summed E-state index contributed by atoms with van der Waals surface area (Å²) in [7, 11) is 0. The fraction of sp³-hybridized carbons (Fsp3) is 0.600. The molecule has 0 aliphatic rings.